The molecule has 5 rings (SSSR count). The summed E-state index contributed by atoms with van der Waals surface area (Å²) in [6.07, 6.45) is 7.86. The van der Waals surface area contributed by atoms with Crippen molar-refractivity contribution in [3.05, 3.63) is 31.7 Å². The minimum Gasteiger partial charge on any atom is -0.415 e. The number of benzene rings is 1. The number of likely N-dealkylation sites (tertiary alicyclic amines) is 1. The van der Waals surface area contributed by atoms with Crippen LogP contribution in [0.25, 0.3) is 10.1 Å². The molecule has 8 nitrogen and oxygen atoms in total. The van der Waals surface area contributed by atoms with Gasteiger partial charge in [0.25, 0.3) is 0 Å². The Hall–Kier alpha value is -2.52. The number of quaternary nitrogens is 1. The highest BCUT2D eigenvalue weighted by Gasteiger charge is 2.47. The van der Waals surface area contributed by atoms with Crippen LogP contribution in [-0.4, -0.2) is 77.5 Å². The van der Waals surface area contributed by atoms with Crippen LogP contribution in [0.4, 0.5) is 5.82 Å². The van der Waals surface area contributed by atoms with Crippen LogP contribution < -0.4 is 4.90 Å². The third-order valence-corrected chi connectivity index (χ3v) is 10.0. The number of ether oxygens (including phenoxy) is 1. The Labute approximate surface area is 249 Å². The van der Waals surface area contributed by atoms with Gasteiger partial charge in [0.2, 0.25) is 18.5 Å². The largest absolute Gasteiger partial charge is 0.415 e. The van der Waals surface area contributed by atoms with Crippen molar-refractivity contribution in [1.82, 2.24) is 9.27 Å². The number of piperazine rings is 1. The number of fused-ring (bicyclic) bond motifs is 2. The van der Waals surface area contributed by atoms with Crippen LogP contribution in [0.15, 0.2) is 24.3 Å². The summed E-state index contributed by atoms with van der Waals surface area (Å²) >= 11 is 1.54. The van der Waals surface area contributed by atoms with Gasteiger partial charge in [-0.15, -0.1) is 0 Å². The molecule has 0 spiro atoms. The van der Waals surface area contributed by atoms with E-state index in [-0.39, 0.29) is 37.0 Å². The average Bonchev–Trinajstić information content (AvgIpc) is 3.49. The Morgan fingerprint density at radius 1 is 1.05 bits per heavy atom. The molecule has 1 aliphatic carbocycles. The van der Waals surface area contributed by atoms with Gasteiger partial charge in [0, 0.05) is 18.4 Å². The van der Waals surface area contributed by atoms with Gasteiger partial charge in [-0.1, -0.05) is 45.2 Å². The summed E-state index contributed by atoms with van der Waals surface area (Å²) in [4.78, 5) is 42.3. The molecule has 3 heterocycles. The van der Waals surface area contributed by atoms with E-state index in [1.165, 1.54) is 10.1 Å². The second-order valence-corrected chi connectivity index (χ2v) is 13.3. The van der Waals surface area contributed by atoms with Gasteiger partial charge in [0.15, 0.2) is 5.82 Å². The summed E-state index contributed by atoms with van der Waals surface area (Å²) in [5.41, 5.74) is 0. The molecule has 9 heteroatoms. The van der Waals surface area contributed by atoms with E-state index < -0.39 is 0 Å². The topological polar surface area (TPSA) is 79.8 Å². The number of imide groups is 1. The number of unbranched alkanes of at least 4 members (excludes halogenated alkanes) is 1. The summed E-state index contributed by atoms with van der Waals surface area (Å²) < 4.78 is 12.6. The number of hydrogen-bond donors (Lipinski definition) is 0. The standard InChI is InChI=1S/C31H45N4O4S.CH3/c1-23(2)10-9-15-28(36)39-22-35(19-8-7-16-34-30(37)24-11-3-4-12-25(24)31(34)38)20-17-33(18-21-35)29-26-13-5-6-14-27(26)40-32-29;/h5-6,13-14,23-25H,3-4,7-12,15-22H2,1-2H3;1H3/q+1;-1. The maximum absolute atomic E-state index is 12.9. The summed E-state index contributed by atoms with van der Waals surface area (Å²) in [7, 11) is 0. The van der Waals surface area contributed by atoms with Crippen molar-refractivity contribution < 1.29 is 23.6 Å². The quantitative estimate of drug-likeness (QED) is 0.105. The predicted molar refractivity (Wildman–Crippen MR) is 164 cm³/mol. The van der Waals surface area contributed by atoms with Gasteiger partial charge in [0.1, 0.15) is 0 Å². The van der Waals surface area contributed by atoms with Crippen LogP contribution in [0.2, 0.25) is 0 Å². The number of rotatable bonds is 12. The van der Waals surface area contributed by atoms with Crippen molar-refractivity contribution >= 4 is 45.2 Å². The number of aromatic nitrogens is 1. The Balaban J connectivity index is 0.00000387. The van der Waals surface area contributed by atoms with Crippen molar-refractivity contribution in [2.24, 2.45) is 17.8 Å². The van der Waals surface area contributed by atoms with Crippen molar-refractivity contribution in [1.29, 1.82) is 0 Å². The molecule has 1 aromatic heterocycles. The molecule has 1 aromatic carbocycles. The van der Waals surface area contributed by atoms with Crippen LogP contribution in [0.1, 0.15) is 71.6 Å². The van der Waals surface area contributed by atoms with Crippen molar-refractivity contribution in [3.63, 3.8) is 0 Å². The Bertz CT molecular complexity index is 1170. The molecule has 226 valence electrons. The van der Waals surface area contributed by atoms with Gasteiger partial charge in [-0.25, -0.2) is 0 Å². The lowest BCUT2D eigenvalue weighted by atomic mass is 9.81. The van der Waals surface area contributed by atoms with Gasteiger partial charge in [-0.3, -0.25) is 23.8 Å². The first-order chi connectivity index (χ1) is 19.4. The van der Waals surface area contributed by atoms with Crippen molar-refractivity contribution in [2.75, 3.05) is 50.9 Å². The van der Waals surface area contributed by atoms with Gasteiger partial charge >= 0.3 is 5.97 Å². The normalized spacial score (nSPS) is 22.2. The monoisotopic (exact) mass is 584 g/mol. The number of hydrogen-bond acceptors (Lipinski definition) is 7. The summed E-state index contributed by atoms with van der Waals surface area (Å²) in [5.74, 6) is 1.48. The zero-order chi connectivity index (χ0) is 28.1. The first-order valence-electron chi connectivity index (χ1n) is 15.3. The van der Waals surface area contributed by atoms with Crippen LogP contribution in [0.5, 0.6) is 0 Å². The zero-order valence-corrected chi connectivity index (χ0v) is 26.0. The highest BCUT2D eigenvalue weighted by Crippen LogP contribution is 2.38. The number of esters is 1. The van der Waals surface area contributed by atoms with E-state index in [2.05, 4.69) is 43.0 Å². The molecule has 41 heavy (non-hydrogen) atoms. The molecule has 0 N–H and O–H groups in total. The fraction of sp³-hybridized carbons (Fsp3) is 0.656. The lowest BCUT2D eigenvalue weighted by Gasteiger charge is -2.44. The molecule has 2 saturated heterocycles. The highest BCUT2D eigenvalue weighted by atomic mass is 32.1. The predicted octanol–water partition coefficient (Wildman–Crippen LogP) is 5.67. The first kappa shape index (κ1) is 31.4. The smallest absolute Gasteiger partial charge is 0.310 e. The first-order valence-corrected chi connectivity index (χ1v) is 16.1. The Morgan fingerprint density at radius 2 is 1.73 bits per heavy atom. The molecular weight excluding hydrogens is 536 g/mol. The lowest BCUT2D eigenvalue weighted by molar-refractivity contribution is -0.944. The van der Waals surface area contributed by atoms with E-state index in [9.17, 15) is 14.4 Å². The zero-order valence-electron chi connectivity index (χ0n) is 25.2. The molecule has 3 aliphatic rings. The number of nitrogens with zero attached hydrogens (tertiary/aromatic N) is 4. The van der Waals surface area contributed by atoms with E-state index in [0.717, 1.165) is 94.4 Å². The van der Waals surface area contributed by atoms with Crippen LogP contribution in [0, 0.1) is 25.2 Å². The van der Waals surface area contributed by atoms with Gasteiger partial charge in [0.05, 0.1) is 49.3 Å². The summed E-state index contributed by atoms with van der Waals surface area (Å²) in [5, 5.41) is 1.20. The van der Waals surface area contributed by atoms with E-state index in [1.54, 1.807) is 16.4 Å². The number of amides is 2. The molecule has 2 atom stereocenters. The van der Waals surface area contributed by atoms with Crippen molar-refractivity contribution in [3.8, 4) is 0 Å². The van der Waals surface area contributed by atoms with E-state index in [0.29, 0.717) is 25.6 Å². The Morgan fingerprint density at radius 3 is 2.41 bits per heavy atom. The second kappa shape index (κ2) is 14.1. The molecule has 1 saturated carbocycles. The van der Waals surface area contributed by atoms with Crippen LogP contribution in [0.3, 0.4) is 0 Å². The lowest BCUT2D eigenvalue weighted by Crippen LogP contribution is -2.61. The van der Waals surface area contributed by atoms with Crippen molar-refractivity contribution in [2.45, 2.75) is 71.6 Å². The third kappa shape index (κ3) is 7.28. The minimum absolute atomic E-state index is 0. The fourth-order valence-electron chi connectivity index (χ4n) is 6.72. The summed E-state index contributed by atoms with van der Waals surface area (Å²) in [6, 6.07) is 8.37. The SMILES string of the molecule is CC(C)CCCC(=O)OC[N+]1(CCCCN2C(=O)C3CCCCC3C2=O)CCN(c2nsc3ccccc23)CC1.[CH3-]. The third-order valence-electron chi connectivity index (χ3n) is 9.20. The number of carbonyl (C=O) groups is 3. The molecule has 2 aliphatic heterocycles. The van der Waals surface area contributed by atoms with E-state index in [4.69, 9.17) is 9.11 Å². The van der Waals surface area contributed by atoms with Gasteiger partial charge in [-0.05, 0) is 61.7 Å². The highest BCUT2D eigenvalue weighted by molar-refractivity contribution is 7.13. The molecule has 0 radical (unpaired) electrons. The van der Waals surface area contributed by atoms with Crippen LogP contribution in [-0.2, 0) is 19.1 Å². The molecule has 2 unspecified atom stereocenters. The maximum atomic E-state index is 12.9. The second-order valence-electron chi connectivity index (χ2n) is 12.5. The molecule has 2 amide bonds. The van der Waals surface area contributed by atoms with Gasteiger partial charge in [-0.2, -0.15) is 4.37 Å². The molecule has 0 bridgehead atoms. The fourth-order valence-corrected chi connectivity index (χ4v) is 7.52. The maximum Gasteiger partial charge on any atom is 0.310 e. The molecule has 2 aromatic rings. The Kier molecular flexibility index (Phi) is 10.8. The molecular formula is C32H48N4O4S. The molecule has 3 fully saturated rings. The average molecular weight is 585 g/mol. The number of carbonyl (C=O) groups excluding carboxylic acids is 3. The number of anilines is 1. The minimum atomic E-state index is -0.109. The summed E-state index contributed by atoms with van der Waals surface area (Å²) in [6.45, 7) is 9.56. The van der Waals surface area contributed by atoms with Gasteiger partial charge < -0.3 is 17.1 Å². The van der Waals surface area contributed by atoms with E-state index in [1.807, 2.05) is 0 Å². The van der Waals surface area contributed by atoms with Crippen LogP contribution >= 0.6 is 11.5 Å². The van der Waals surface area contributed by atoms with E-state index >= 15 is 0 Å².